The summed E-state index contributed by atoms with van der Waals surface area (Å²) < 4.78 is 0. The summed E-state index contributed by atoms with van der Waals surface area (Å²) in [7, 11) is 0. The molecule has 16 heavy (non-hydrogen) atoms. The number of fused-ring (bicyclic) bond motifs is 10. The molecule has 0 aliphatic heterocycles. The van der Waals surface area contributed by atoms with Gasteiger partial charge >= 0.3 is 0 Å². The lowest BCUT2D eigenvalue weighted by molar-refractivity contribution is 0.148. The third kappa shape index (κ3) is 0.483. The van der Waals surface area contributed by atoms with Gasteiger partial charge in [-0.3, -0.25) is 0 Å². The quantitative estimate of drug-likeness (QED) is 0.578. The lowest BCUT2D eigenvalue weighted by Crippen LogP contribution is -2.28. The molecule has 7 rings (SSSR count). The van der Waals surface area contributed by atoms with E-state index in [1.54, 1.807) is 38.5 Å². The summed E-state index contributed by atoms with van der Waals surface area (Å²) in [5.74, 6) is 10.2. The van der Waals surface area contributed by atoms with E-state index in [0.717, 1.165) is 10.8 Å². The first-order chi connectivity index (χ1) is 7.87. The van der Waals surface area contributed by atoms with Gasteiger partial charge in [-0.05, 0) is 96.7 Å². The molecule has 0 heteroatoms. The maximum atomic E-state index is 1.68. The molecular formula is C16H20. The molecule has 7 aliphatic rings. The Morgan fingerprint density at radius 2 is 1.38 bits per heavy atom. The second-order valence-electron chi connectivity index (χ2n) is 8.69. The van der Waals surface area contributed by atoms with Crippen molar-refractivity contribution in [2.24, 2.45) is 58.2 Å². The van der Waals surface area contributed by atoms with Crippen molar-refractivity contribution in [3.8, 4) is 0 Å². The van der Waals surface area contributed by atoms with Crippen LogP contribution in [0.3, 0.4) is 0 Å². The van der Waals surface area contributed by atoms with Gasteiger partial charge in [0.15, 0.2) is 0 Å². The van der Waals surface area contributed by atoms with Crippen LogP contribution in [0.1, 0.15) is 38.5 Å². The SMILES string of the molecule is C1C2C1C1C3C(C4CC4C34CC4)C2C12CC2. The molecule has 84 valence electrons. The van der Waals surface area contributed by atoms with Crippen LogP contribution in [0.15, 0.2) is 0 Å². The van der Waals surface area contributed by atoms with Crippen LogP contribution in [-0.4, -0.2) is 0 Å². The van der Waals surface area contributed by atoms with Crippen molar-refractivity contribution in [1.82, 2.24) is 0 Å². The molecule has 0 aromatic rings. The molecular weight excluding hydrogens is 192 g/mol. The second kappa shape index (κ2) is 1.67. The van der Waals surface area contributed by atoms with Gasteiger partial charge in [-0.2, -0.15) is 0 Å². The first kappa shape index (κ1) is 7.44. The van der Waals surface area contributed by atoms with Crippen LogP contribution in [0, 0.1) is 58.2 Å². The molecule has 0 aromatic heterocycles. The number of hydrogen-bond acceptors (Lipinski definition) is 0. The van der Waals surface area contributed by atoms with E-state index in [2.05, 4.69) is 0 Å². The van der Waals surface area contributed by atoms with Gasteiger partial charge in [-0.15, -0.1) is 0 Å². The van der Waals surface area contributed by atoms with Crippen LogP contribution < -0.4 is 0 Å². The third-order valence-electron chi connectivity index (χ3n) is 8.75. The Morgan fingerprint density at radius 1 is 0.625 bits per heavy atom. The largest absolute Gasteiger partial charge is 0.0465 e. The Hall–Kier alpha value is 0. The van der Waals surface area contributed by atoms with Gasteiger partial charge in [-0.25, -0.2) is 0 Å². The molecule has 0 nitrogen and oxygen atoms in total. The smallest absolute Gasteiger partial charge is 0.0229 e. The minimum atomic E-state index is 0.984. The van der Waals surface area contributed by atoms with E-state index in [0.29, 0.717) is 0 Å². The maximum absolute atomic E-state index is 1.68. The number of rotatable bonds is 0. The Morgan fingerprint density at radius 3 is 2.12 bits per heavy atom. The Balaban J connectivity index is 1.51. The highest BCUT2D eigenvalue weighted by molar-refractivity contribution is 5.36. The average molecular weight is 212 g/mol. The average Bonchev–Trinajstić information content (AvgIpc) is 3.08. The van der Waals surface area contributed by atoms with E-state index in [9.17, 15) is 0 Å². The van der Waals surface area contributed by atoms with Crippen molar-refractivity contribution < 1.29 is 0 Å². The highest BCUT2D eigenvalue weighted by Crippen LogP contribution is 2.94. The fourth-order valence-electron chi connectivity index (χ4n) is 8.37. The second-order valence-corrected chi connectivity index (χ2v) is 8.69. The zero-order valence-corrected chi connectivity index (χ0v) is 9.86. The Bertz CT molecular complexity index is 435. The molecule has 0 amide bonds. The summed E-state index contributed by atoms with van der Waals surface area (Å²) in [5.41, 5.74) is 1.98. The highest BCUT2D eigenvalue weighted by Gasteiger charge is 2.88. The summed E-state index contributed by atoms with van der Waals surface area (Å²) in [6, 6.07) is 0. The minimum absolute atomic E-state index is 0.984. The molecule has 7 fully saturated rings. The van der Waals surface area contributed by atoms with Gasteiger partial charge in [0.25, 0.3) is 0 Å². The van der Waals surface area contributed by atoms with Gasteiger partial charge in [0.2, 0.25) is 0 Å². The van der Waals surface area contributed by atoms with Crippen LogP contribution in [0.25, 0.3) is 0 Å². The molecule has 0 saturated heterocycles. The molecule has 7 saturated carbocycles. The summed E-state index contributed by atoms with van der Waals surface area (Å²) in [6.07, 6.45) is 10.00. The van der Waals surface area contributed by atoms with E-state index in [1.807, 2.05) is 0 Å². The van der Waals surface area contributed by atoms with Crippen molar-refractivity contribution in [3.63, 3.8) is 0 Å². The van der Waals surface area contributed by atoms with E-state index in [4.69, 9.17) is 0 Å². The maximum Gasteiger partial charge on any atom is -0.0229 e. The predicted molar refractivity (Wildman–Crippen MR) is 60.5 cm³/mol. The standard InChI is InChI=1S/C16H20/c1-2-15(1)10-6-9(10)11-12-7-5-8(7)13(14(11)15)16(12)3-4-16/h7-14H,1-6H2. The summed E-state index contributed by atoms with van der Waals surface area (Å²) in [6.45, 7) is 0. The molecule has 0 aromatic carbocycles. The fourth-order valence-corrected chi connectivity index (χ4v) is 8.37. The van der Waals surface area contributed by atoms with Crippen LogP contribution in [0.2, 0.25) is 0 Å². The Labute approximate surface area is 97.2 Å². The van der Waals surface area contributed by atoms with Gasteiger partial charge in [-0.1, -0.05) is 0 Å². The van der Waals surface area contributed by atoms with Gasteiger partial charge in [0, 0.05) is 0 Å². The third-order valence-corrected chi connectivity index (χ3v) is 8.75. The van der Waals surface area contributed by atoms with Crippen LogP contribution in [0.4, 0.5) is 0 Å². The topological polar surface area (TPSA) is 0 Å². The van der Waals surface area contributed by atoms with E-state index in [-0.39, 0.29) is 0 Å². The van der Waals surface area contributed by atoms with Crippen molar-refractivity contribution in [3.05, 3.63) is 0 Å². The molecule has 7 aliphatic carbocycles. The van der Waals surface area contributed by atoms with Crippen molar-refractivity contribution in [1.29, 1.82) is 0 Å². The molecule has 0 heterocycles. The van der Waals surface area contributed by atoms with Crippen molar-refractivity contribution in [2.75, 3.05) is 0 Å². The van der Waals surface area contributed by atoms with Crippen molar-refractivity contribution >= 4 is 0 Å². The molecule has 8 atom stereocenters. The zero-order chi connectivity index (χ0) is 9.86. The molecule has 0 radical (unpaired) electrons. The number of hydrogen-bond donors (Lipinski definition) is 0. The van der Waals surface area contributed by atoms with Crippen LogP contribution >= 0.6 is 0 Å². The summed E-state index contributed by atoms with van der Waals surface area (Å²) in [5, 5.41) is 0. The van der Waals surface area contributed by atoms with Crippen LogP contribution in [-0.2, 0) is 0 Å². The molecule has 2 spiro atoms. The monoisotopic (exact) mass is 212 g/mol. The van der Waals surface area contributed by atoms with E-state index < -0.39 is 0 Å². The first-order valence-electron chi connectivity index (χ1n) is 7.87. The highest BCUT2D eigenvalue weighted by atomic mass is 14.9. The molecule has 0 N–H and O–H groups in total. The molecule has 8 unspecified atom stereocenters. The lowest BCUT2D eigenvalue weighted by atomic mass is 9.72. The van der Waals surface area contributed by atoms with Crippen molar-refractivity contribution in [2.45, 2.75) is 38.5 Å². The lowest BCUT2D eigenvalue weighted by Gasteiger charge is -2.32. The normalized spacial score (nSPS) is 75.0. The van der Waals surface area contributed by atoms with Crippen LogP contribution in [0.5, 0.6) is 0 Å². The van der Waals surface area contributed by atoms with E-state index in [1.165, 1.54) is 47.3 Å². The fraction of sp³-hybridized carbons (Fsp3) is 1.00. The molecule has 2 bridgehead atoms. The first-order valence-corrected chi connectivity index (χ1v) is 7.87. The summed E-state index contributed by atoms with van der Waals surface area (Å²) >= 11 is 0. The van der Waals surface area contributed by atoms with E-state index >= 15 is 0 Å². The Kier molecular flexibility index (Phi) is 0.775. The van der Waals surface area contributed by atoms with Gasteiger partial charge in [0.1, 0.15) is 0 Å². The zero-order valence-electron chi connectivity index (χ0n) is 9.86. The predicted octanol–water partition coefficient (Wildman–Crippen LogP) is 3.32. The summed E-state index contributed by atoms with van der Waals surface area (Å²) in [4.78, 5) is 0. The van der Waals surface area contributed by atoms with Gasteiger partial charge < -0.3 is 0 Å². The van der Waals surface area contributed by atoms with Gasteiger partial charge in [0.05, 0.1) is 0 Å². The minimum Gasteiger partial charge on any atom is -0.0465 e.